The molecule has 0 spiro atoms. The van der Waals surface area contributed by atoms with E-state index < -0.39 is 27.9 Å². The molecule has 0 radical (unpaired) electrons. The molecule has 1 N–H and O–H groups in total. The van der Waals surface area contributed by atoms with E-state index in [2.05, 4.69) is 5.32 Å². The fourth-order valence-corrected chi connectivity index (χ4v) is 4.35. The summed E-state index contributed by atoms with van der Waals surface area (Å²) in [7, 11) is -2.44. The highest BCUT2D eigenvalue weighted by molar-refractivity contribution is 7.92. The Hall–Kier alpha value is -2.87. The highest BCUT2D eigenvalue weighted by Crippen LogP contribution is 2.25. The number of carbonyl (C=O) groups is 2. The SMILES string of the molecule is CC[C@@H](C(=O)Nc1cccc(C(=O)OC)c1C)N(c1cccc(C)c1)S(C)(=O)=O. The number of nitrogens with one attached hydrogen (secondary N) is 1. The topological polar surface area (TPSA) is 92.8 Å². The van der Waals surface area contributed by atoms with Crippen molar-refractivity contribution in [3.8, 4) is 0 Å². The molecule has 0 saturated heterocycles. The second kappa shape index (κ2) is 9.09. The van der Waals surface area contributed by atoms with E-state index in [1.807, 2.05) is 13.0 Å². The van der Waals surface area contributed by atoms with Gasteiger partial charge in [0.2, 0.25) is 15.9 Å². The van der Waals surface area contributed by atoms with Gasteiger partial charge in [-0.3, -0.25) is 9.10 Å². The van der Waals surface area contributed by atoms with Crippen molar-refractivity contribution in [2.24, 2.45) is 0 Å². The van der Waals surface area contributed by atoms with Crippen molar-refractivity contribution < 1.29 is 22.7 Å². The first-order valence-corrected chi connectivity index (χ1v) is 11.0. The van der Waals surface area contributed by atoms with Crippen LogP contribution in [0.15, 0.2) is 42.5 Å². The van der Waals surface area contributed by atoms with Gasteiger partial charge < -0.3 is 10.1 Å². The molecule has 0 aromatic heterocycles. The van der Waals surface area contributed by atoms with E-state index in [9.17, 15) is 18.0 Å². The van der Waals surface area contributed by atoms with Crippen molar-refractivity contribution in [2.45, 2.75) is 33.2 Å². The van der Waals surface area contributed by atoms with Crippen molar-refractivity contribution in [1.82, 2.24) is 0 Å². The molecule has 0 saturated carbocycles. The van der Waals surface area contributed by atoms with E-state index in [1.165, 1.54) is 7.11 Å². The van der Waals surface area contributed by atoms with Gasteiger partial charge in [0.25, 0.3) is 0 Å². The van der Waals surface area contributed by atoms with Crippen LogP contribution in [0.4, 0.5) is 11.4 Å². The van der Waals surface area contributed by atoms with Crippen LogP contribution in [0.3, 0.4) is 0 Å². The van der Waals surface area contributed by atoms with E-state index in [1.54, 1.807) is 50.2 Å². The molecule has 2 rings (SSSR count). The van der Waals surface area contributed by atoms with E-state index in [0.29, 0.717) is 22.5 Å². The molecular weight excluding hydrogens is 392 g/mol. The number of methoxy groups -OCH3 is 1. The lowest BCUT2D eigenvalue weighted by atomic mass is 10.1. The van der Waals surface area contributed by atoms with E-state index in [0.717, 1.165) is 16.1 Å². The van der Waals surface area contributed by atoms with Crippen LogP contribution in [0.5, 0.6) is 0 Å². The Balaban J connectivity index is 2.42. The van der Waals surface area contributed by atoms with Gasteiger partial charge >= 0.3 is 5.97 Å². The normalized spacial score (nSPS) is 12.2. The zero-order valence-corrected chi connectivity index (χ0v) is 18.0. The van der Waals surface area contributed by atoms with Crippen molar-refractivity contribution in [3.63, 3.8) is 0 Å². The molecular formula is C21H26N2O5S. The summed E-state index contributed by atoms with van der Waals surface area (Å²) >= 11 is 0. The number of ether oxygens (including phenoxy) is 1. The minimum Gasteiger partial charge on any atom is -0.465 e. The van der Waals surface area contributed by atoms with Crippen LogP contribution >= 0.6 is 0 Å². The zero-order valence-electron chi connectivity index (χ0n) is 17.2. The number of esters is 1. The van der Waals surface area contributed by atoms with Gasteiger partial charge in [0.05, 0.1) is 24.6 Å². The highest BCUT2D eigenvalue weighted by Gasteiger charge is 2.32. The maximum absolute atomic E-state index is 13.1. The summed E-state index contributed by atoms with van der Waals surface area (Å²) < 4.78 is 31.0. The molecule has 29 heavy (non-hydrogen) atoms. The highest BCUT2D eigenvalue weighted by atomic mass is 32.2. The number of hydrogen-bond acceptors (Lipinski definition) is 5. The second-order valence-corrected chi connectivity index (χ2v) is 8.64. The molecule has 0 heterocycles. The summed E-state index contributed by atoms with van der Waals surface area (Å²) in [5.41, 5.74) is 2.61. The van der Waals surface area contributed by atoms with Gasteiger partial charge in [0, 0.05) is 5.69 Å². The molecule has 1 atom stereocenters. The van der Waals surface area contributed by atoms with Crippen LogP contribution in [-0.4, -0.2) is 39.7 Å². The lowest BCUT2D eigenvalue weighted by Gasteiger charge is -2.30. The Morgan fingerprint density at radius 2 is 1.79 bits per heavy atom. The van der Waals surface area contributed by atoms with Crippen LogP contribution in [0.2, 0.25) is 0 Å². The third kappa shape index (κ3) is 5.14. The fourth-order valence-electron chi connectivity index (χ4n) is 3.14. The minimum absolute atomic E-state index is 0.266. The second-order valence-electron chi connectivity index (χ2n) is 6.78. The Morgan fingerprint density at radius 3 is 2.34 bits per heavy atom. The van der Waals surface area contributed by atoms with Crippen molar-refractivity contribution in [1.29, 1.82) is 0 Å². The maximum atomic E-state index is 13.1. The molecule has 1 amide bonds. The number of anilines is 2. The fraction of sp³-hybridized carbons (Fsp3) is 0.333. The number of aryl methyl sites for hydroxylation is 1. The van der Waals surface area contributed by atoms with Crippen LogP contribution in [0.25, 0.3) is 0 Å². The van der Waals surface area contributed by atoms with Gasteiger partial charge in [0.15, 0.2) is 0 Å². The van der Waals surface area contributed by atoms with Gasteiger partial charge in [-0.25, -0.2) is 13.2 Å². The average molecular weight is 419 g/mol. The summed E-state index contributed by atoms with van der Waals surface area (Å²) in [6.45, 7) is 5.29. The standard InChI is InChI=1S/C21H26N2O5S/c1-6-19(23(29(5,26)27)16-10-7-9-14(2)13-16)20(24)22-18-12-8-11-17(15(18)3)21(25)28-4/h7-13,19H,6H2,1-5H3,(H,22,24)/t19-/m0/s1. The van der Waals surface area contributed by atoms with Gasteiger partial charge in [0.1, 0.15) is 6.04 Å². The molecule has 2 aromatic rings. The summed E-state index contributed by atoms with van der Waals surface area (Å²) in [5.74, 6) is -0.993. The third-order valence-corrected chi connectivity index (χ3v) is 5.76. The third-order valence-electron chi connectivity index (χ3n) is 4.58. The van der Waals surface area contributed by atoms with Crippen LogP contribution in [-0.2, 0) is 19.6 Å². The summed E-state index contributed by atoms with van der Waals surface area (Å²) in [6.07, 6.45) is 1.34. The number of rotatable bonds is 7. The number of nitrogens with zero attached hydrogens (tertiary/aromatic N) is 1. The first-order valence-electron chi connectivity index (χ1n) is 9.15. The first-order chi connectivity index (χ1) is 13.6. The van der Waals surface area contributed by atoms with Crippen molar-refractivity contribution in [3.05, 3.63) is 59.2 Å². The van der Waals surface area contributed by atoms with E-state index >= 15 is 0 Å². The molecule has 0 bridgehead atoms. The molecule has 0 aliphatic rings. The number of hydrogen-bond donors (Lipinski definition) is 1. The Bertz CT molecular complexity index is 1020. The van der Waals surface area contributed by atoms with Crippen molar-refractivity contribution in [2.75, 3.05) is 23.0 Å². The predicted molar refractivity (Wildman–Crippen MR) is 114 cm³/mol. The monoisotopic (exact) mass is 418 g/mol. The lowest BCUT2D eigenvalue weighted by Crippen LogP contribution is -2.47. The quantitative estimate of drug-likeness (QED) is 0.697. The number of benzene rings is 2. The van der Waals surface area contributed by atoms with E-state index in [4.69, 9.17) is 4.74 Å². The lowest BCUT2D eigenvalue weighted by molar-refractivity contribution is -0.117. The molecule has 7 nitrogen and oxygen atoms in total. The molecule has 8 heteroatoms. The Morgan fingerprint density at radius 1 is 1.14 bits per heavy atom. The molecule has 0 aliphatic carbocycles. The van der Waals surface area contributed by atoms with Gasteiger partial charge in [-0.2, -0.15) is 0 Å². The van der Waals surface area contributed by atoms with Gasteiger partial charge in [-0.05, 0) is 55.7 Å². The number of amides is 1. The van der Waals surface area contributed by atoms with Crippen molar-refractivity contribution >= 4 is 33.3 Å². The predicted octanol–water partition coefficient (Wildman–Crippen LogP) is 3.27. The molecule has 0 aliphatic heterocycles. The number of sulfonamides is 1. The van der Waals surface area contributed by atoms with Crippen LogP contribution in [0, 0.1) is 13.8 Å². The first kappa shape index (κ1) is 22.4. The smallest absolute Gasteiger partial charge is 0.338 e. The summed E-state index contributed by atoms with van der Waals surface area (Å²) in [6, 6.07) is 10.9. The van der Waals surface area contributed by atoms with Crippen LogP contribution in [0.1, 0.15) is 34.8 Å². The molecule has 2 aromatic carbocycles. The van der Waals surface area contributed by atoms with Gasteiger partial charge in [-0.1, -0.05) is 25.1 Å². The zero-order chi connectivity index (χ0) is 21.8. The number of carbonyl (C=O) groups excluding carboxylic acids is 2. The molecule has 156 valence electrons. The maximum Gasteiger partial charge on any atom is 0.338 e. The molecule has 0 fully saturated rings. The molecule has 0 unspecified atom stereocenters. The Labute approximate surface area is 171 Å². The minimum atomic E-state index is -3.72. The average Bonchev–Trinajstić information content (AvgIpc) is 2.65. The largest absolute Gasteiger partial charge is 0.465 e. The summed E-state index contributed by atoms with van der Waals surface area (Å²) in [5, 5.41) is 2.76. The Kier molecular flexibility index (Phi) is 7.02. The van der Waals surface area contributed by atoms with E-state index in [-0.39, 0.29) is 6.42 Å². The summed E-state index contributed by atoms with van der Waals surface area (Å²) in [4.78, 5) is 25.0. The van der Waals surface area contributed by atoms with Gasteiger partial charge in [-0.15, -0.1) is 0 Å². The van der Waals surface area contributed by atoms with Crippen LogP contribution < -0.4 is 9.62 Å².